The van der Waals surface area contributed by atoms with Gasteiger partial charge in [0.2, 0.25) is 0 Å². The molecule has 0 spiro atoms. The molecule has 0 aliphatic rings. The van der Waals surface area contributed by atoms with Gasteiger partial charge >= 0.3 is 0 Å². The first kappa shape index (κ1) is 12.4. The summed E-state index contributed by atoms with van der Waals surface area (Å²) < 4.78 is 0. The maximum Gasteiger partial charge on any atom is 0.106 e. The Morgan fingerprint density at radius 1 is 1.22 bits per heavy atom. The second-order valence-electron chi connectivity index (χ2n) is 4.00. The van der Waals surface area contributed by atoms with Gasteiger partial charge in [0.05, 0.1) is 23.3 Å². The third-order valence-electron chi connectivity index (χ3n) is 2.58. The van der Waals surface area contributed by atoms with E-state index >= 15 is 0 Å². The molecule has 0 amide bonds. The van der Waals surface area contributed by atoms with E-state index in [4.69, 9.17) is 18.0 Å². The number of anilines is 2. The van der Waals surface area contributed by atoms with Gasteiger partial charge in [0.25, 0.3) is 0 Å². The molecule has 4 nitrogen and oxygen atoms in total. The predicted octanol–water partition coefficient (Wildman–Crippen LogP) is 2.47. The van der Waals surface area contributed by atoms with Crippen LogP contribution >= 0.6 is 12.2 Å². The summed E-state index contributed by atoms with van der Waals surface area (Å²) in [5.41, 5.74) is 10.1. The van der Waals surface area contributed by atoms with Gasteiger partial charge in [-0.2, -0.15) is 0 Å². The number of aryl methyl sites for hydroxylation is 2. The Kier molecular flexibility index (Phi) is 3.53. The fraction of sp³-hybridized carbons (Fsp3) is 0.154. The number of hydrogen-bond donors (Lipinski definition) is 2. The number of thiocarbonyl (C=S) groups is 1. The zero-order valence-electron chi connectivity index (χ0n) is 10.3. The molecule has 92 valence electrons. The number of nitrogens with one attached hydrogen (secondary N) is 1. The van der Waals surface area contributed by atoms with Crippen molar-refractivity contribution < 1.29 is 0 Å². The molecule has 2 heterocycles. The number of nitrogens with zero attached hydrogens (tertiary/aromatic N) is 2. The topological polar surface area (TPSA) is 63.8 Å². The van der Waals surface area contributed by atoms with E-state index in [1.54, 1.807) is 18.5 Å². The number of hydrogen-bond acceptors (Lipinski definition) is 4. The number of rotatable bonds is 3. The summed E-state index contributed by atoms with van der Waals surface area (Å²) in [6.45, 7) is 3.91. The van der Waals surface area contributed by atoms with Crippen LogP contribution in [0.2, 0.25) is 0 Å². The second-order valence-corrected chi connectivity index (χ2v) is 4.44. The lowest BCUT2D eigenvalue weighted by Gasteiger charge is -2.12. The molecule has 2 aromatic rings. The molecule has 2 rings (SSSR count). The average molecular weight is 258 g/mol. The van der Waals surface area contributed by atoms with Crippen molar-refractivity contribution in [2.45, 2.75) is 13.8 Å². The van der Waals surface area contributed by atoms with Crippen LogP contribution in [-0.2, 0) is 0 Å². The Balaban J connectivity index is 2.37. The lowest BCUT2D eigenvalue weighted by atomic mass is 10.2. The van der Waals surface area contributed by atoms with Crippen LogP contribution in [0.4, 0.5) is 11.4 Å². The first-order chi connectivity index (χ1) is 8.58. The van der Waals surface area contributed by atoms with Gasteiger partial charge in [0.1, 0.15) is 4.99 Å². The van der Waals surface area contributed by atoms with Gasteiger partial charge in [-0.3, -0.25) is 9.97 Å². The van der Waals surface area contributed by atoms with Crippen LogP contribution in [-0.4, -0.2) is 15.0 Å². The van der Waals surface area contributed by atoms with Crippen molar-refractivity contribution in [1.29, 1.82) is 0 Å². The molecule has 0 aromatic carbocycles. The third-order valence-corrected chi connectivity index (χ3v) is 2.80. The van der Waals surface area contributed by atoms with Crippen molar-refractivity contribution in [3.8, 4) is 0 Å². The normalized spacial score (nSPS) is 10.1. The Hall–Kier alpha value is -2.01. The van der Waals surface area contributed by atoms with Crippen LogP contribution in [0.1, 0.15) is 17.0 Å². The van der Waals surface area contributed by atoms with Crippen LogP contribution in [0.25, 0.3) is 0 Å². The van der Waals surface area contributed by atoms with E-state index < -0.39 is 0 Å². The molecule has 0 saturated carbocycles. The van der Waals surface area contributed by atoms with E-state index in [1.807, 2.05) is 26.0 Å². The first-order valence-electron chi connectivity index (χ1n) is 5.53. The monoisotopic (exact) mass is 258 g/mol. The summed E-state index contributed by atoms with van der Waals surface area (Å²) in [6, 6.07) is 5.72. The maximum atomic E-state index is 5.68. The summed E-state index contributed by atoms with van der Waals surface area (Å²) in [4.78, 5) is 8.82. The number of pyridine rings is 2. The third kappa shape index (κ3) is 2.62. The molecular formula is C13H14N4S. The quantitative estimate of drug-likeness (QED) is 0.828. The van der Waals surface area contributed by atoms with E-state index in [0.717, 1.165) is 28.3 Å². The molecular weight excluding hydrogens is 244 g/mol. The fourth-order valence-electron chi connectivity index (χ4n) is 1.67. The Morgan fingerprint density at radius 3 is 2.67 bits per heavy atom. The van der Waals surface area contributed by atoms with Crippen molar-refractivity contribution in [2.75, 3.05) is 5.32 Å². The minimum absolute atomic E-state index is 0.345. The molecule has 0 radical (unpaired) electrons. The van der Waals surface area contributed by atoms with Crippen molar-refractivity contribution in [3.63, 3.8) is 0 Å². The first-order valence-corrected chi connectivity index (χ1v) is 5.94. The fourth-order valence-corrected chi connectivity index (χ4v) is 1.85. The lowest BCUT2D eigenvalue weighted by molar-refractivity contribution is 1.12. The van der Waals surface area contributed by atoms with Crippen LogP contribution in [0.15, 0.2) is 30.6 Å². The molecule has 0 unspecified atom stereocenters. The lowest BCUT2D eigenvalue weighted by Crippen LogP contribution is -2.12. The van der Waals surface area contributed by atoms with Crippen molar-refractivity contribution >= 4 is 28.6 Å². The van der Waals surface area contributed by atoms with Crippen molar-refractivity contribution in [1.82, 2.24) is 9.97 Å². The molecule has 18 heavy (non-hydrogen) atoms. The van der Waals surface area contributed by atoms with E-state index in [0.29, 0.717) is 4.99 Å². The Labute approximate surface area is 111 Å². The zero-order valence-corrected chi connectivity index (χ0v) is 11.1. The van der Waals surface area contributed by atoms with Crippen LogP contribution < -0.4 is 11.1 Å². The molecule has 3 N–H and O–H groups in total. The Morgan fingerprint density at radius 2 is 2.00 bits per heavy atom. The molecule has 0 fully saturated rings. The van der Waals surface area contributed by atoms with E-state index in [-0.39, 0.29) is 0 Å². The van der Waals surface area contributed by atoms with Gasteiger partial charge in [0, 0.05) is 17.5 Å². The highest BCUT2D eigenvalue weighted by Crippen LogP contribution is 2.21. The highest BCUT2D eigenvalue weighted by molar-refractivity contribution is 7.80. The second kappa shape index (κ2) is 5.10. The molecule has 0 bridgehead atoms. The van der Waals surface area contributed by atoms with E-state index in [9.17, 15) is 0 Å². The van der Waals surface area contributed by atoms with Crippen LogP contribution in [0.5, 0.6) is 0 Å². The SMILES string of the molecule is Cc1ccc(Nc2cnccc2C(N)=S)c(C)n1. The summed E-state index contributed by atoms with van der Waals surface area (Å²) in [6.07, 6.45) is 3.37. The zero-order chi connectivity index (χ0) is 13.1. The summed E-state index contributed by atoms with van der Waals surface area (Å²) in [5.74, 6) is 0. The Bertz CT molecular complexity index is 595. The molecule has 0 atom stereocenters. The van der Waals surface area contributed by atoms with Gasteiger partial charge in [-0.25, -0.2) is 0 Å². The maximum absolute atomic E-state index is 5.68. The highest BCUT2D eigenvalue weighted by Gasteiger charge is 2.07. The average Bonchev–Trinajstić information content (AvgIpc) is 2.33. The standard InChI is InChI=1S/C13H14N4S/c1-8-3-4-11(9(2)16-8)17-12-7-15-6-5-10(12)13(14)18/h3-7,17H,1-2H3,(H2,14,18). The van der Waals surface area contributed by atoms with E-state index in [1.165, 1.54) is 0 Å². The molecule has 2 aromatic heterocycles. The summed E-state index contributed by atoms with van der Waals surface area (Å²) >= 11 is 5.01. The van der Waals surface area contributed by atoms with Gasteiger partial charge in [-0.15, -0.1) is 0 Å². The van der Waals surface area contributed by atoms with Gasteiger partial charge < -0.3 is 11.1 Å². The molecule has 0 saturated heterocycles. The van der Waals surface area contributed by atoms with Crippen molar-refractivity contribution in [2.24, 2.45) is 5.73 Å². The van der Waals surface area contributed by atoms with E-state index in [2.05, 4.69) is 15.3 Å². The smallest absolute Gasteiger partial charge is 0.106 e. The van der Waals surface area contributed by atoms with Gasteiger partial charge in [-0.05, 0) is 32.0 Å². The van der Waals surface area contributed by atoms with Crippen LogP contribution in [0, 0.1) is 13.8 Å². The highest BCUT2D eigenvalue weighted by atomic mass is 32.1. The molecule has 5 heteroatoms. The molecule has 0 aliphatic heterocycles. The van der Waals surface area contributed by atoms with Crippen molar-refractivity contribution in [3.05, 3.63) is 47.5 Å². The largest absolute Gasteiger partial charge is 0.389 e. The summed E-state index contributed by atoms with van der Waals surface area (Å²) in [7, 11) is 0. The molecule has 0 aliphatic carbocycles. The van der Waals surface area contributed by atoms with Gasteiger partial charge in [0.15, 0.2) is 0 Å². The number of aromatic nitrogens is 2. The van der Waals surface area contributed by atoms with Gasteiger partial charge in [-0.1, -0.05) is 12.2 Å². The minimum atomic E-state index is 0.345. The minimum Gasteiger partial charge on any atom is -0.389 e. The predicted molar refractivity (Wildman–Crippen MR) is 77.1 cm³/mol. The number of nitrogens with two attached hydrogens (primary N) is 1. The summed E-state index contributed by atoms with van der Waals surface area (Å²) in [5, 5.41) is 3.26. The van der Waals surface area contributed by atoms with Crippen LogP contribution in [0.3, 0.4) is 0 Å².